The molecule has 0 saturated carbocycles. The van der Waals surface area contributed by atoms with Crippen molar-refractivity contribution >= 4 is 10.9 Å². The number of rotatable bonds is 2. The third-order valence-electron chi connectivity index (χ3n) is 3.76. The third-order valence-corrected chi connectivity index (χ3v) is 3.76. The number of aromatic nitrogens is 2. The molecule has 21 heavy (non-hydrogen) atoms. The maximum atomic E-state index is 4.38. The van der Waals surface area contributed by atoms with Gasteiger partial charge in [-0.1, -0.05) is 57.2 Å². The van der Waals surface area contributed by atoms with Crippen LogP contribution in [0.15, 0.2) is 48.7 Å². The molecule has 2 nitrogen and oxygen atoms in total. The molecule has 108 valence electrons. The van der Waals surface area contributed by atoms with Crippen LogP contribution in [-0.4, -0.2) is 9.78 Å². The minimum absolute atomic E-state index is 0.304. The van der Waals surface area contributed by atoms with Crippen LogP contribution in [0.25, 0.3) is 22.0 Å². The van der Waals surface area contributed by atoms with Gasteiger partial charge in [-0.25, -0.2) is 0 Å². The number of hydrogen-bond acceptors (Lipinski definition) is 1. The molecule has 0 aliphatic rings. The predicted molar refractivity (Wildman–Crippen MR) is 89.3 cm³/mol. The van der Waals surface area contributed by atoms with Crippen molar-refractivity contribution in [2.45, 2.75) is 27.2 Å². The van der Waals surface area contributed by atoms with E-state index in [9.17, 15) is 0 Å². The smallest absolute Gasteiger partial charge is 0.0685 e. The van der Waals surface area contributed by atoms with Crippen LogP contribution in [0, 0.1) is 5.41 Å². The molecule has 0 amide bonds. The number of aryl methyl sites for hydroxylation is 1. The number of hydrogen-bond donors (Lipinski definition) is 0. The van der Waals surface area contributed by atoms with Crippen molar-refractivity contribution in [3.8, 4) is 11.1 Å². The molecule has 0 spiro atoms. The standard InChI is InChI=1S/C19H22N2/c1-19(2,3)12-14-7-5-8-15(11-14)16-9-6-10-18-17(16)13-20-21(18)4/h5-11,13H,12H2,1-4H3. The third kappa shape index (κ3) is 2.85. The Morgan fingerprint density at radius 2 is 1.81 bits per heavy atom. The lowest BCUT2D eigenvalue weighted by molar-refractivity contribution is 0.411. The zero-order valence-electron chi connectivity index (χ0n) is 13.2. The van der Waals surface area contributed by atoms with Gasteiger partial charge in [-0.15, -0.1) is 0 Å². The Labute approximate surface area is 126 Å². The van der Waals surface area contributed by atoms with E-state index in [1.807, 2.05) is 17.9 Å². The Bertz CT molecular complexity index is 776. The summed E-state index contributed by atoms with van der Waals surface area (Å²) in [6.45, 7) is 6.84. The van der Waals surface area contributed by atoms with Crippen LogP contribution >= 0.6 is 0 Å². The van der Waals surface area contributed by atoms with Gasteiger partial charge < -0.3 is 0 Å². The fourth-order valence-corrected chi connectivity index (χ4v) is 2.89. The second-order valence-corrected chi connectivity index (χ2v) is 6.94. The maximum absolute atomic E-state index is 4.38. The van der Waals surface area contributed by atoms with Crippen LogP contribution < -0.4 is 0 Å². The van der Waals surface area contributed by atoms with Gasteiger partial charge in [0.2, 0.25) is 0 Å². The lowest BCUT2D eigenvalue weighted by Gasteiger charge is -2.18. The summed E-state index contributed by atoms with van der Waals surface area (Å²) in [5.41, 5.74) is 5.40. The number of nitrogens with zero attached hydrogens (tertiary/aromatic N) is 2. The lowest BCUT2D eigenvalue weighted by atomic mass is 9.87. The molecule has 0 unspecified atom stereocenters. The van der Waals surface area contributed by atoms with Crippen LogP contribution in [0.1, 0.15) is 26.3 Å². The molecule has 0 fully saturated rings. The molecule has 0 saturated heterocycles. The molecule has 0 bridgehead atoms. The van der Waals surface area contributed by atoms with Crippen LogP contribution in [-0.2, 0) is 13.5 Å². The average molecular weight is 278 g/mol. The van der Waals surface area contributed by atoms with E-state index in [1.165, 1.54) is 27.6 Å². The van der Waals surface area contributed by atoms with Crippen LogP contribution in [0.2, 0.25) is 0 Å². The molecule has 0 aliphatic carbocycles. The summed E-state index contributed by atoms with van der Waals surface area (Å²) in [5, 5.41) is 5.60. The average Bonchev–Trinajstić information content (AvgIpc) is 2.79. The molecule has 0 atom stereocenters. The van der Waals surface area contributed by atoms with Gasteiger partial charge in [0.25, 0.3) is 0 Å². The minimum Gasteiger partial charge on any atom is -0.268 e. The maximum Gasteiger partial charge on any atom is 0.0685 e. The van der Waals surface area contributed by atoms with Gasteiger partial charge in [0.05, 0.1) is 11.7 Å². The van der Waals surface area contributed by atoms with Crippen LogP contribution in [0.3, 0.4) is 0 Å². The topological polar surface area (TPSA) is 17.8 Å². The Kier molecular flexibility index (Phi) is 3.32. The van der Waals surface area contributed by atoms with Crippen LogP contribution in [0.5, 0.6) is 0 Å². The highest BCUT2D eigenvalue weighted by molar-refractivity contribution is 5.94. The van der Waals surface area contributed by atoms with Gasteiger partial charge >= 0.3 is 0 Å². The monoisotopic (exact) mass is 278 g/mol. The molecule has 0 aliphatic heterocycles. The van der Waals surface area contributed by atoms with E-state index in [0.717, 1.165) is 6.42 Å². The first-order valence-corrected chi connectivity index (χ1v) is 7.44. The summed E-state index contributed by atoms with van der Waals surface area (Å²) in [6.07, 6.45) is 3.05. The first-order valence-electron chi connectivity index (χ1n) is 7.44. The van der Waals surface area contributed by atoms with Crippen molar-refractivity contribution in [3.63, 3.8) is 0 Å². The van der Waals surface area contributed by atoms with E-state index in [-0.39, 0.29) is 0 Å². The molecule has 0 N–H and O–H groups in total. The Hall–Kier alpha value is -2.09. The van der Waals surface area contributed by atoms with Gasteiger partial charge in [-0.3, -0.25) is 4.68 Å². The van der Waals surface area contributed by atoms with Crippen molar-refractivity contribution in [3.05, 3.63) is 54.2 Å². The van der Waals surface area contributed by atoms with E-state index >= 15 is 0 Å². The predicted octanol–water partition coefficient (Wildman–Crippen LogP) is 4.83. The molecule has 2 aromatic carbocycles. The van der Waals surface area contributed by atoms with Crippen molar-refractivity contribution in [2.75, 3.05) is 0 Å². The molecule has 3 rings (SSSR count). The number of fused-ring (bicyclic) bond motifs is 1. The number of benzene rings is 2. The summed E-state index contributed by atoms with van der Waals surface area (Å²) in [6, 6.07) is 15.3. The highest BCUT2D eigenvalue weighted by Crippen LogP contribution is 2.30. The van der Waals surface area contributed by atoms with Gasteiger partial charge in [0.1, 0.15) is 0 Å². The van der Waals surface area contributed by atoms with E-state index < -0.39 is 0 Å². The van der Waals surface area contributed by atoms with E-state index in [2.05, 4.69) is 68.3 Å². The molecule has 3 aromatic rings. The Morgan fingerprint density at radius 3 is 2.57 bits per heavy atom. The van der Waals surface area contributed by atoms with Crippen molar-refractivity contribution < 1.29 is 0 Å². The summed E-state index contributed by atoms with van der Waals surface area (Å²) in [7, 11) is 1.99. The molecular formula is C19H22N2. The van der Waals surface area contributed by atoms with Crippen LogP contribution in [0.4, 0.5) is 0 Å². The van der Waals surface area contributed by atoms with Crippen molar-refractivity contribution in [1.29, 1.82) is 0 Å². The van der Waals surface area contributed by atoms with E-state index in [0.29, 0.717) is 5.41 Å². The Morgan fingerprint density at radius 1 is 1.05 bits per heavy atom. The first-order chi connectivity index (χ1) is 9.94. The molecule has 2 heteroatoms. The Balaban J connectivity index is 2.09. The summed E-state index contributed by atoms with van der Waals surface area (Å²) in [5.74, 6) is 0. The molecular weight excluding hydrogens is 256 g/mol. The lowest BCUT2D eigenvalue weighted by Crippen LogP contribution is -2.08. The van der Waals surface area contributed by atoms with Gasteiger partial charge in [-0.2, -0.15) is 5.10 Å². The fraction of sp³-hybridized carbons (Fsp3) is 0.316. The largest absolute Gasteiger partial charge is 0.268 e. The SMILES string of the molecule is Cn1ncc2c(-c3cccc(CC(C)(C)C)c3)cccc21. The molecule has 0 radical (unpaired) electrons. The zero-order valence-corrected chi connectivity index (χ0v) is 13.2. The summed E-state index contributed by atoms with van der Waals surface area (Å²) >= 11 is 0. The second-order valence-electron chi connectivity index (χ2n) is 6.94. The van der Waals surface area contributed by atoms with Crippen molar-refractivity contribution in [2.24, 2.45) is 12.5 Å². The fourth-order valence-electron chi connectivity index (χ4n) is 2.89. The molecule has 1 heterocycles. The zero-order chi connectivity index (χ0) is 15.0. The quantitative estimate of drug-likeness (QED) is 0.656. The minimum atomic E-state index is 0.304. The highest BCUT2D eigenvalue weighted by Gasteiger charge is 2.12. The van der Waals surface area contributed by atoms with Gasteiger partial charge in [-0.05, 0) is 34.6 Å². The molecule has 1 aromatic heterocycles. The normalized spacial score (nSPS) is 12.0. The van der Waals surface area contributed by atoms with Gasteiger partial charge in [0, 0.05) is 12.4 Å². The van der Waals surface area contributed by atoms with Crippen molar-refractivity contribution in [1.82, 2.24) is 9.78 Å². The van der Waals surface area contributed by atoms with E-state index in [4.69, 9.17) is 0 Å². The second kappa shape index (κ2) is 5.03. The summed E-state index contributed by atoms with van der Waals surface area (Å²) in [4.78, 5) is 0. The summed E-state index contributed by atoms with van der Waals surface area (Å²) < 4.78 is 1.93. The highest BCUT2D eigenvalue weighted by atomic mass is 15.2. The van der Waals surface area contributed by atoms with E-state index in [1.54, 1.807) is 0 Å². The van der Waals surface area contributed by atoms with Gasteiger partial charge in [0.15, 0.2) is 0 Å². The first kappa shape index (κ1) is 13.9.